The fraction of sp³-hybridized carbons (Fsp3) is 0.143. The van der Waals surface area contributed by atoms with E-state index in [1.807, 2.05) is 0 Å². The number of hydrogen-bond donors (Lipinski definition) is 10. The van der Waals surface area contributed by atoms with Crippen molar-refractivity contribution in [3.05, 3.63) is 106 Å². The molecule has 0 spiro atoms. The molecule has 0 saturated carbocycles. The molecule has 2 aliphatic rings. The number of benzene rings is 5. The first-order valence-electron chi connectivity index (χ1n) is 21.8. The number of hydrogen-bond acceptors (Lipinski definition) is 24. The summed E-state index contributed by atoms with van der Waals surface area (Å²) in [5.74, 6) is -3.41. The Labute approximate surface area is 448 Å². The molecule has 9 rings (SSSR count). The molecule has 0 bridgehead atoms. The van der Waals surface area contributed by atoms with Crippen LogP contribution in [0.2, 0.25) is 10.0 Å². The third-order valence-electron chi connectivity index (χ3n) is 10.8. The first-order chi connectivity index (χ1) is 36.6. The lowest BCUT2D eigenvalue weighted by Gasteiger charge is -2.24. The van der Waals surface area contributed by atoms with E-state index in [4.69, 9.17) is 32.7 Å². The summed E-state index contributed by atoms with van der Waals surface area (Å²) in [5, 5.41) is 15.0. The number of aromatic nitrogens is 6. The van der Waals surface area contributed by atoms with Crippen LogP contribution >= 0.6 is 23.2 Å². The van der Waals surface area contributed by atoms with E-state index in [1.165, 1.54) is 60.7 Å². The van der Waals surface area contributed by atoms with E-state index < -0.39 is 108 Å². The average Bonchev–Trinajstić information content (AvgIpc) is 3.45. The minimum Gasteiger partial charge on any atom is -0.450 e. The Morgan fingerprint density at radius 2 is 0.846 bits per heavy atom. The van der Waals surface area contributed by atoms with Gasteiger partial charge in [-0.3, -0.25) is 18.2 Å². The average molecular weight is 1200 g/mol. The minimum atomic E-state index is -5.17. The minimum absolute atomic E-state index is 0.173. The molecule has 2 unspecified atom stereocenters. The van der Waals surface area contributed by atoms with Gasteiger partial charge in [-0.05, 0) is 62.4 Å². The van der Waals surface area contributed by atoms with E-state index in [1.54, 1.807) is 13.8 Å². The number of para-hydroxylation sites is 2. The van der Waals surface area contributed by atoms with Crippen molar-refractivity contribution in [3.63, 3.8) is 0 Å². The second kappa shape index (κ2) is 20.9. The van der Waals surface area contributed by atoms with Crippen molar-refractivity contribution in [1.82, 2.24) is 29.9 Å². The molecule has 0 aliphatic carbocycles. The van der Waals surface area contributed by atoms with Gasteiger partial charge in [0.05, 0.1) is 22.7 Å². The molecule has 0 radical (unpaired) electrons. The number of halogens is 4. The normalized spacial score (nSPS) is 13.6. The summed E-state index contributed by atoms with van der Waals surface area (Å²) in [6.45, 7) is 2.76. The molecular formula is C42H34Cl2F2N14O14S4. The molecule has 78 heavy (non-hydrogen) atoms. The summed E-state index contributed by atoms with van der Waals surface area (Å²) >= 11 is 13.7. The Morgan fingerprint density at radius 1 is 0.487 bits per heavy atom. The third kappa shape index (κ3) is 11.7. The van der Waals surface area contributed by atoms with E-state index in [-0.39, 0.29) is 91.4 Å². The molecule has 7 aromatic rings. The standard InChI is InChI=1S/C42H34Cl2F2N14O14S4/c1-17(49-39-55-37(45)57-41(59-39)53-19-7-3-5-9-25(19)75(61,62)63)15-47-23-13-11-21-31(35(23)77(67,68)69)73-33-27(43)30-34(28(44)29(33)51-21)74-32-22(52-30)12-14-24(36(32)78(70,71)72)48-16-18(2)50-40-56-38(46)58-42(60-40)54-20-8-4-6-10-26(20)76(64,65)66/h3-14,17-18,47-48H,15-16H2,1-2H3,(H,61,62,63)(H,64,65,66)(H,67,68,69)(H,70,71,72)(H2,49,53,55,57,59)(H2,50,54,56,58,60). The van der Waals surface area contributed by atoms with Gasteiger partial charge in [0.2, 0.25) is 23.8 Å². The molecule has 36 heteroatoms. The monoisotopic (exact) mass is 1190 g/mol. The molecule has 0 saturated heterocycles. The molecular weight excluding hydrogens is 1160 g/mol. The van der Waals surface area contributed by atoms with Gasteiger partial charge in [-0.2, -0.15) is 72.4 Å². The van der Waals surface area contributed by atoms with E-state index in [2.05, 4.69) is 71.8 Å². The second-order valence-electron chi connectivity index (χ2n) is 16.5. The van der Waals surface area contributed by atoms with Crippen molar-refractivity contribution < 1.29 is 70.1 Å². The number of anilines is 8. The van der Waals surface area contributed by atoms with Crippen molar-refractivity contribution in [2.75, 3.05) is 45.0 Å². The highest BCUT2D eigenvalue weighted by Gasteiger charge is 2.35. The summed E-state index contributed by atoms with van der Waals surface area (Å²) in [6, 6.07) is 13.8. The van der Waals surface area contributed by atoms with Crippen LogP contribution in [0.15, 0.2) is 102 Å². The van der Waals surface area contributed by atoms with Crippen LogP contribution < -0.4 is 52.1 Å². The number of nitrogens with one attached hydrogen (secondary N) is 6. The molecule has 10 N–H and O–H groups in total. The van der Waals surface area contributed by atoms with Gasteiger partial charge >= 0.3 is 12.2 Å². The third-order valence-corrected chi connectivity index (χ3v) is 15.2. The first kappa shape index (κ1) is 55.0. The first-order valence-corrected chi connectivity index (χ1v) is 28.3. The van der Waals surface area contributed by atoms with Gasteiger partial charge in [0, 0.05) is 25.2 Å². The van der Waals surface area contributed by atoms with E-state index in [0.29, 0.717) is 0 Å². The number of fused-ring (bicyclic) bond motifs is 4. The Hall–Kier alpha value is -7.80. The predicted octanol–water partition coefficient (Wildman–Crippen LogP) is 6.05. The zero-order valence-electron chi connectivity index (χ0n) is 39.1. The molecule has 2 aliphatic heterocycles. The van der Waals surface area contributed by atoms with E-state index in [9.17, 15) is 60.7 Å². The van der Waals surface area contributed by atoms with E-state index >= 15 is 0 Å². The fourth-order valence-corrected chi connectivity index (χ4v) is 11.0. The van der Waals surface area contributed by atoms with Crippen LogP contribution in [0.5, 0.6) is 23.0 Å². The van der Waals surface area contributed by atoms with Gasteiger partial charge in [-0.1, -0.05) is 47.5 Å². The summed E-state index contributed by atoms with van der Waals surface area (Å²) in [5.41, 5.74) is -1.24. The van der Waals surface area contributed by atoms with Crippen molar-refractivity contribution in [1.29, 1.82) is 0 Å². The summed E-state index contributed by atoms with van der Waals surface area (Å²) in [4.78, 5) is 28.4. The Balaban J connectivity index is 0.941. The zero-order valence-corrected chi connectivity index (χ0v) is 43.9. The SMILES string of the molecule is CC(CNc1ccc2c(c1S(=O)(=O)O)Oc1c(Cl)c3c(c(Cl)c1=N2)Oc1c(ccc(NCC(C)Nc2nc(F)nc(Nc4ccccc4S(=O)(=O)O)n2)c1S(=O)(=O)O)N=3)Nc1nc(F)nc(Nc2ccccc2S(=O)(=O)O)n1. The maximum atomic E-state index is 14.5. The highest BCUT2D eigenvalue weighted by molar-refractivity contribution is 7.86. The maximum Gasteiger partial charge on any atom is 0.315 e. The lowest BCUT2D eigenvalue weighted by Crippen LogP contribution is -2.27. The van der Waals surface area contributed by atoms with Crippen LogP contribution in [0.4, 0.5) is 66.7 Å². The molecule has 0 fully saturated rings. The topological polar surface area (TPSA) is 410 Å². The molecule has 0 amide bonds. The fourth-order valence-electron chi connectivity index (χ4n) is 7.56. The van der Waals surface area contributed by atoms with Gasteiger partial charge in [-0.15, -0.1) is 0 Å². The lowest BCUT2D eigenvalue weighted by molar-refractivity contribution is 0.428. The molecule has 5 aromatic carbocycles. The van der Waals surface area contributed by atoms with Gasteiger partial charge in [0.25, 0.3) is 40.5 Å². The molecule has 4 heterocycles. The zero-order chi connectivity index (χ0) is 56.2. The largest absolute Gasteiger partial charge is 0.450 e. The van der Waals surface area contributed by atoms with Crippen LogP contribution in [-0.4, -0.2) is 107 Å². The Bertz CT molecular complexity index is 3990. The molecule has 408 valence electrons. The van der Waals surface area contributed by atoms with Crippen molar-refractivity contribution >= 4 is 122 Å². The number of rotatable bonds is 18. The smallest absolute Gasteiger partial charge is 0.315 e. The Kier molecular flexibility index (Phi) is 14.7. The van der Waals surface area contributed by atoms with Gasteiger partial charge < -0.3 is 41.4 Å². The van der Waals surface area contributed by atoms with Gasteiger partial charge in [-0.25, -0.2) is 9.98 Å². The summed E-state index contributed by atoms with van der Waals surface area (Å²) in [6.07, 6.45) is -2.57. The van der Waals surface area contributed by atoms with Gasteiger partial charge in [0.1, 0.15) is 41.9 Å². The van der Waals surface area contributed by atoms with Crippen LogP contribution in [0.1, 0.15) is 13.8 Å². The van der Waals surface area contributed by atoms with Crippen molar-refractivity contribution in [3.8, 4) is 23.0 Å². The highest BCUT2D eigenvalue weighted by atomic mass is 35.5. The highest BCUT2D eigenvalue weighted by Crippen LogP contribution is 2.49. The van der Waals surface area contributed by atoms with E-state index in [0.717, 1.165) is 12.1 Å². The van der Waals surface area contributed by atoms with Crippen LogP contribution in [0, 0.1) is 12.2 Å². The van der Waals surface area contributed by atoms with Crippen LogP contribution in [0.25, 0.3) is 0 Å². The number of ether oxygens (including phenoxy) is 2. The summed E-state index contributed by atoms with van der Waals surface area (Å²) in [7, 11) is -19.7. The van der Waals surface area contributed by atoms with Crippen LogP contribution in [-0.2, 0) is 40.5 Å². The van der Waals surface area contributed by atoms with Crippen molar-refractivity contribution in [2.45, 2.75) is 45.5 Å². The Morgan fingerprint density at radius 3 is 1.21 bits per heavy atom. The molecule has 2 atom stereocenters. The predicted molar refractivity (Wildman–Crippen MR) is 273 cm³/mol. The summed E-state index contributed by atoms with van der Waals surface area (Å²) < 4.78 is 181. The molecule has 2 aromatic heterocycles. The maximum absolute atomic E-state index is 14.5. The second-order valence-corrected chi connectivity index (χ2v) is 22.7. The van der Waals surface area contributed by atoms with Crippen molar-refractivity contribution in [2.24, 2.45) is 9.98 Å². The van der Waals surface area contributed by atoms with Gasteiger partial charge in [0.15, 0.2) is 32.8 Å². The lowest BCUT2D eigenvalue weighted by atomic mass is 10.2. The van der Waals surface area contributed by atoms with Crippen LogP contribution in [0.3, 0.4) is 0 Å². The quantitative estimate of drug-likeness (QED) is 0.0437. The number of nitrogens with zero attached hydrogens (tertiary/aromatic N) is 8. The molecule has 28 nitrogen and oxygen atoms in total.